The van der Waals surface area contributed by atoms with Crippen molar-refractivity contribution in [2.24, 2.45) is 11.1 Å². The van der Waals surface area contributed by atoms with Crippen molar-refractivity contribution in [1.82, 2.24) is 14.6 Å². The third-order valence-electron chi connectivity index (χ3n) is 4.75. The second kappa shape index (κ2) is 7.22. The average Bonchev–Trinajstić information content (AvgIpc) is 2.99. The van der Waals surface area contributed by atoms with Gasteiger partial charge < -0.3 is 11.1 Å². The molecular weight excluding hydrogens is 402 g/mol. The molecule has 3 aromatic rings. The number of rotatable bonds is 4. The summed E-state index contributed by atoms with van der Waals surface area (Å²) in [6.45, 7) is 8.32. The third-order valence-corrected chi connectivity index (χ3v) is 5.33. The predicted molar refractivity (Wildman–Crippen MR) is 112 cm³/mol. The molecule has 0 spiro atoms. The van der Waals surface area contributed by atoms with Gasteiger partial charge in [-0.2, -0.15) is 9.61 Å². The highest BCUT2D eigenvalue weighted by atomic mass is 35.5. The van der Waals surface area contributed by atoms with Crippen molar-refractivity contribution in [1.29, 1.82) is 5.41 Å². The zero-order valence-electron chi connectivity index (χ0n) is 15.9. The molecule has 1 atom stereocenters. The minimum Gasteiger partial charge on any atom is -0.384 e. The van der Waals surface area contributed by atoms with Crippen LogP contribution in [0.1, 0.15) is 33.3 Å². The van der Waals surface area contributed by atoms with Gasteiger partial charge in [-0.05, 0) is 30.5 Å². The summed E-state index contributed by atoms with van der Waals surface area (Å²) >= 11 is 12.8. The standard InChI is InChI=1S/C19H21Cl2FN6/c1-9(19(2,3)4)26-18-14(11-6-5-10(22)7-13(11)20)15(21)27-17-12(16(23)24)8-25-28(17)18/h5-9,26H,1-4H3,(H3,23,24). The maximum Gasteiger partial charge on any atom is 0.170 e. The number of amidine groups is 1. The molecule has 0 saturated carbocycles. The molecule has 2 heterocycles. The van der Waals surface area contributed by atoms with Gasteiger partial charge in [-0.25, -0.2) is 9.37 Å². The van der Waals surface area contributed by atoms with Crippen molar-refractivity contribution in [2.45, 2.75) is 33.7 Å². The van der Waals surface area contributed by atoms with Gasteiger partial charge in [0.05, 0.1) is 22.3 Å². The van der Waals surface area contributed by atoms with Crippen LogP contribution in [0.2, 0.25) is 10.2 Å². The highest BCUT2D eigenvalue weighted by Crippen LogP contribution is 2.40. The summed E-state index contributed by atoms with van der Waals surface area (Å²) in [5.74, 6) is -0.0752. The normalized spacial score (nSPS) is 13.0. The lowest BCUT2D eigenvalue weighted by molar-refractivity contribution is 0.358. The van der Waals surface area contributed by atoms with Gasteiger partial charge >= 0.3 is 0 Å². The van der Waals surface area contributed by atoms with Crippen LogP contribution in [-0.4, -0.2) is 26.5 Å². The summed E-state index contributed by atoms with van der Waals surface area (Å²) in [4.78, 5) is 4.38. The van der Waals surface area contributed by atoms with Gasteiger partial charge in [-0.1, -0.05) is 44.0 Å². The van der Waals surface area contributed by atoms with Gasteiger partial charge in [0.25, 0.3) is 0 Å². The lowest BCUT2D eigenvalue weighted by Gasteiger charge is -2.30. The number of fused-ring (bicyclic) bond motifs is 1. The van der Waals surface area contributed by atoms with E-state index in [2.05, 4.69) is 36.2 Å². The van der Waals surface area contributed by atoms with E-state index in [-0.39, 0.29) is 27.5 Å². The zero-order chi connectivity index (χ0) is 20.8. The molecule has 2 aromatic heterocycles. The van der Waals surface area contributed by atoms with Crippen LogP contribution in [-0.2, 0) is 0 Å². The number of nitrogens with two attached hydrogens (primary N) is 1. The monoisotopic (exact) mass is 422 g/mol. The quantitative estimate of drug-likeness (QED) is 0.314. The summed E-state index contributed by atoms with van der Waals surface area (Å²) in [6.07, 6.45) is 1.46. The van der Waals surface area contributed by atoms with E-state index in [4.69, 9.17) is 34.3 Å². The molecule has 9 heteroatoms. The Hall–Kier alpha value is -2.38. The topological polar surface area (TPSA) is 92.1 Å². The van der Waals surface area contributed by atoms with Crippen LogP contribution in [0.4, 0.5) is 10.2 Å². The van der Waals surface area contributed by atoms with Gasteiger partial charge in [0.2, 0.25) is 0 Å². The molecule has 0 bridgehead atoms. The van der Waals surface area contributed by atoms with E-state index in [0.29, 0.717) is 28.2 Å². The number of nitrogens with one attached hydrogen (secondary N) is 2. The molecule has 1 unspecified atom stereocenters. The van der Waals surface area contributed by atoms with Crippen LogP contribution in [0.25, 0.3) is 16.8 Å². The van der Waals surface area contributed by atoms with Gasteiger partial charge in [-0.3, -0.25) is 5.41 Å². The molecule has 0 aliphatic heterocycles. The summed E-state index contributed by atoms with van der Waals surface area (Å²) in [7, 11) is 0. The Kier molecular flexibility index (Phi) is 5.25. The SMILES string of the molecule is CC(Nc1c(-c2ccc(F)cc2Cl)c(Cl)nc2c(C(=N)N)cnn12)C(C)(C)C. The van der Waals surface area contributed by atoms with E-state index < -0.39 is 5.82 Å². The smallest absolute Gasteiger partial charge is 0.170 e. The summed E-state index contributed by atoms with van der Waals surface area (Å²) in [5.41, 5.74) is 7.30. The van der Waals surface area contributed by atoms with Gasteiger partial charge in [0.1, 0.15) is 22.6 Å². The molecule has 0 amide bonds. The Bertz CT molecular complexity index is 1070. The molecule has 28 heavy (non-hydrogen) atoms. The third kappa shape index (κ3) is 3.64. The molecule has 0 aliphatic rings. The van der Waals surface area contributed by atoms with E-state index in [1.807, 2.05) is 6.92 Å². The number of aromatic nitrogens is 3. The van der Waals surface area contributed by atoms with Crippen LogP contribution in [0.15, 0.2) is 24.4 Å². The Balaban J connectivity index is 2.34. The molecule has 0 radical (unpaired) electrons. The average molecular weight is 423 g/mol. The minimum atomic E-state index is -0.450. The first-order valence-electron chi connectivity index (χ1n) is 8.64. The fourth-order valence-corrected chi connectivity index (χ4v) is 3.17. The van der Waals surface area contributed by atoms with Crippen molar-refractivity contribution in [3.63, 3.8) is 0 Å². The van der Waals surface area contributed by atoms with Crippen molar-refractivity contribution in [3.05, 3.63) is 46.0 Å². The summed E-state index contributed by atoms with van der Waals surface area (Å²) < 4.78 is 15.1. The first-order valence-corrected chi connectivity index (χ1v) is 9.40. The lowest BCUT2D eigenvalue weighted by atomic mass is 9.88. The number of halogens is 3. The number of anilines is 1. The predicted octanol–water partition coefficient (Wildman–Crippen LogP) is 4.97. The Labute approximate surface area is 172 Å². The molecule has 1 aromatic carbocycles. The molecule has 3 rings (SSSR count). The number of benzene rings is 1. The number of hydrogen-bond acceptors (Lipinski definition) is 4. The van der Waals surface area contributed by atoms with Crippen LogP contribution < -0.4 is 11.1 Å². The molecule has 4 N–H and O–H groups in total. The molecule has 6 nitrogen and oxygen atoms in total. The molecular formula is C19H21Cl2FN6. The van der Waals surface area contributed by atoms with Crippen molar-refractivity contribution < 1.29 is 4.39 Å². The van der Waals surface area contributed by atoms with Crippen LogP contribution >= 0.6 is 23.2 Å². The zero-order valence-corrected chi connectivity index (χ0v) is 17.5. The minimum absolute atomic E-state index is 0.0112. The summed E-state index contributed by atoms with van der Waals surface area (Å²) in [5, 5.41) is 15.9. The maximum absolute atomic E-state index is 13.6. The van der Waals surface area contributed by atoms with Gasteiger partial charge in [-0.15, -0.1) is 0 Å². The fraction of sp³-hybridized carbons (Fsp3) is 0.316. The molecule has 0 saturated heterocycles. The second-order valence-corrected chi connectivity index (χ2v) is 8.45. The Morgan fingerprint density at radius 1 is 1.32 bits per heavy atom. The van der Waals surface area contributed by atoms with E-state index in [1.165, 1.54) is 18.3 Å². The second-order valence-electron chi connectivity index (χ2n) is 7.69. The van der Waals surface area contributed by atoms with Gasteiger partial charge in [0, 0.05) is 11.6 Å². The van der Waals surface area contributed by atoms with E-state index in [0.717, 1.165) is 0 Å². The van der Waals surface area contributed by atoms with Crippen molar-refractivity contribution in [2.75, 3.05) is 5.32 Å². The highest BCUT2D eigenvalue weighted by Gasteiger charge is 2.26. The largest absolute Gasteiger partial charge is 0.384 e. The van der Waals surface area contributed by atoms with Crippen LogP contribution in [0.3, 0.4) is 0 Å². The molecule has 148 valence electrons. The lowest BCUT2D eigenvalue weighted by Crippen LogP contribution is -2.32. The van der Waals surface area contributed by atoms with E-state index >= 15 is 0 Å². The van der Waals surface area contributed by atoms with Crippen LogP contribution in [0.5, 0.6) is 0 Å². The highest BCUT2D eigenvalue weighted by molar-refractivity contribution is 6.36. The first kappa shape index (κ1) is 20.4. The van der Waals surface area contributed by atoms with Crippen LogP contribution in [0, 0.1) is 16.6 Å². The Morgan fingerprint density at radius 2 is 2.00 bits per heavy atom. The van der Waals surface area contributed by atoms with Crippen molar-refractivity contribution >= 4 is 40.5 Å². The van der Waals surface area contributed by atoms with Crippen molar-refractivity contribution in [3.8, 4) is 11.1 Å². The first-order chi connectivity index (χ1) is 13.0. The number of nitrogen functional groups attached to an aromatic ring is 1. The number of hydrogen-bond donors (Lipinski definition) is 3. The molecule has 0 fully saturated rings. The summed E-state index contributed by atoms with van der Waals surface area (Å²) in [6, 6.07) is 4.09. The number of nitrogens with zero attached hydrogens (tertiary/aromatic N) is 3. The maximum atomic E-state index is 13.6. The van der Waals surface area contributed by atoms with E-state index in [9.17, 15) is 4.39 Å². The van der Waals surface area contributed by atoms with Gasteiger partial charge in [0.15, 0.2) is 5.65 Å². The Morgan fingerprint density at radius 3 is 2.57 bits per heavy atom. The molecule has 0 aliphatic carbocycles. The fourth-order valence-electron chi connectivity index (χ4n) is 2.64. The van der Waals surface area contributed by atoms with E-state index in [1.54, 1.807) is 10.6 Å².